The van der Waals surface area contributed by atoms with Crippen LogP contribution in [0.1, 0.15) is 17.5 Å². The highest BCUT2D eigenvalue weighted by atomic mass is 16.5. The number of rotatable bonds is 8. The van der Waals surface area contributed by atoms with Crippen LogP contribution in [-0.2, 0) is 17.8 Å². The molecule has 3 N–H and O–H groups in total. The van der Waals surface area contributed by atoms with Gasteiger partial charge in [0.2, 0.25) is 0 Å². The number of carbonyl (C=O) groups is 1. The van der Waals surface area contributed by atoms with Crippen LogP contribution >= 0.6 is 0 Å². The minimum absolute atomic E-state index is 0.0404. The quantitative estimate of drug-likeness (QED) is 0.643. The van der Waals surface area contributed by atoms with Crippen LogP contribution in [-0.4, -0.2) is 58.6 Å². The average Bonchev–Trinajstić information content (AvgIpc) is 2.69. The Morgan fingerprint density at radius 2 is 1.89 bits per heavy atom. The normalized spacial score (nSPS) is 22.7. The molecule has 1 aliphatic heterocycles. The predicted octanol–water partition coefficient (Wildman–Crippen LogP) is 1.94. The van der Waals surface area contributed by atoms with E-state index in [4.69, 9.17) is 9.84 Å². The van der Waals surface area contributed by atoms with E-state index in [0.29, 0.717) is 38.2 Å². The Morgan fingerprint density at radius 1 is 1.14 bits per heavy atom. The topological polar surface area (TPSA) is 90.2 Å². The number of aliphatic hydroxyl groups excluding tert-OH is 2. The maximum atomic E-state index is 12.1. The predicted molar refractivity (Wildman–Crippen MR) is 105 cm³/mol. The van der Waals surface area contributed by atoms with Gasteiger partial charge in [-0.3, -0.25) is 9.69 Å². The second-order valence-corrected chi connectivity index (χ2v) is 7.34. The molecule has 150 valence electrons. The van der Waals surface area contributed by atoms with Crippen LogP contribution in [0.4, 0.5) is 0 Å². The zero-order chi connectivity index (χ0) is 20.0. The highest BCUT2D eigenvalue weighted by Gasteiger charge is 2.48. The van der Waals surface area contributed by atoms with Crippen molar-refractivity contribution < 1.29 is 24.9 Å². The van der Waals surface area contributed by atoms with E-state index in [2.05, 4.69) is 4.90 Å². The first-order valence-electron chi connectivity index (χ1n) is 9.54. The number of ether oxygens (including phenoxy) is 1. The summed E-state index contributed by atoms with van der Waals surface area (Å²) in [6.07, 6.45) is -0.241. The maximum Gasteiger partial charge on any atom is 0.312 e. The number of benzene rings is 2. The summed E-state index contributed by atoms with van der Waals surface area (Å²) in [7, 11) is 0. The molecule has 6 nitrogen and oxygen atoms in total. The molecule has 2 aromatic carbocycles. The molecule has 3 rings (SSSR count). The van der Waals surface area contributed by atoms with Gasteiger partial charge in [-0.1, -0.05) is 42.5 Å². The lowest BCUT2D eigenvalue weighted by molar-refractivity contribution is -0.163. The molecular formula is C22H27NO5. The van der Waals surface area contributed by atoms with E-state index in [1.165, 1.54) is 0 Å². The summed E-state index contributed by atoms with van der Waals surface area (Å²) in [6.45, 7) is 1.71. The summed E-state index contributed by atoms with van der Waals surface area (Å²) in [5, 5.41) is 29.6. The second-order valence-electron chi connectivity index (χ2n) is 7.34. The van der Waals surface area contributed by atoms with Crippen molar-refractivity contribution in [3.8, 4) is 5.75 Å². The van der Waals surface area contributed by atoms with Crippen LogP contribution in [0.2, 0.25) is 0 Å². The van der Waals surface area contributed by atoms with Gasteiger partial charge in [0.1, 0.15) is 17.8 Å². The van der Waals surface area contributed by atoms with Gasteiger partial charge in [-0.25, -0.2) is 0 Å². The van der Waals surface area contributed by atoms with Crippen molar-refractivity contribution in [3.63, 3.8) is 0 Å². The Morgan fingerprint density at radius 3 is 2.57 bits per heavy atom. The lowest BCUT2D eigenvalue weighted by Crippen LogP contribution is -2.55. The van der Waals surface area contributed by atoms with Crippen molar-refractivity contribution in [2.24, 2.45) is 5.41 Å². The minimum atomic E-state index is -1.16. The van der Waals surface area contributed by atoms with Crippen LogP contribution in [0, 0.1) is 5.41 Å². The van der Waals surface area contributed by atoms with Gasteiger partial charge in [-0.2, -0.15) is 0 Å². The lowest BCUT2D eigenvalue weighted by atomic mass is 9.71. The van der Waals surface area contributed by atoms with E-state index in [1.807, 2.05) is 54.6 Å². The standard InChI is InChI=1S/C22H27NO5/c24-11-12-28-19-8-4-7-18(13-19)15-23-10-9-22(21(26)27,20(25)16-23)14-17-5-2-1-3-6-17/h1-8,13,20,24-25H,9-12,14-16H2,(H,26,27)/t20-,22+/m0/s1. The highest BCUT2D eigenvalue weighted by Crippen LogP contribution is 2.36. The fourth-order valence-electron chi connectivity index (χ4n) is 3.83. The number of β-amino-alcohol motifs (C(OH)–C–C–N with tert-alkyl or cyclic N) is 1. The fourth-order valence-corrected chi connectivity index (χ4v) is 3.83. The van der Waals surface area contributed by atoms with E-state index in [9.17, 15) is 15.0 Å². The Bertz CT molecular complexity index is 782. The molecule has 0 bridgehead atoms. The number of piperidine rings is 1. The summed E-state index contributed by atoms with van der Waals surface area (Å²) >= 11 is 0. The van der Waals surface area contributed by atoms with E-state index in [-0.39, 0.29) is 13.2 Å². The van der Waals surface area contributed by atoms with Crippen LogP contribution in [0.25, 0.3) is 0 Å². The van der Waals surface area contributed by atoms with Crippen LogP contribution in [0.15, 0.2) is 54.6 Å². The Labute approximate surface area is 165 Å². The van der Waals surface area contributed by atoms with Crippen molar-refractivity contribution in [3.05, 3.63) is 65.7 Å². The average molecular weight is 385 g/mol. The first kappa shape index (κ1) is 20.3. The van der Waals surface area contributed by atoms with Crippen LogP contribution in [0.3, 0.4) is 0 Å². The van der Waals surface area contributed by atoms with Gasteiger partial charge in [0.05, 0.1) is 12.7 Å². The Kier molecular flexibility index (Phi) is 6.67. The molecule has 0 aliphatic carbocycles. The van der Waals surface area contributed by atoms with Gasteiger partial charge in [-0.05, 0) is 42.6 Å². The molecule has 0 amide bonds. The fraction of sp³-hybridized carbons (Fsp3) is 0.409. The van der Waals surface area contributed by atoms with E-state index in [0.717, 1.165) is 11.1 Å². The monoisotopic (exact) mass is 385 g/mol. The number of carboxylic acids is 1. The molecule has 1 aliphatic rings. The molecule has 1 saturated heterocycles. The minimum Gasteiger partial charge on any atom is -0.491 e. The van der Waals surface area contributed by atoms with Crippen molar-refractivity contribution in [1.82, 2.24) is 4.90 Å². The first-order chi connectivity index (χ1) is 13.5. The van der Waals surface area contributed by atoms with Crippen LogP contribution < -0.4 is 4.74 Å². The molecule has 0 unspecified atom stereocenters. The van der Waals surface area contributed by atoms with Crippen molar-refractivity contribution in [2.75, 3.05) is 26.3 Å². The molecule has 0 spiro atoms. The van der Waals surface area contributed by atoms with Crippen molar-refractivity contribution >= 4 is 5.97 Å². The first-order valence-corrected chi connectivity index (χ1v) is 9.54. The number of aliphatic carboxylic acids is 1. The Balaban J connectivity index is 1.67. The molecular weight excluding hydrogens is 358 g/mol. The van der Waals surface area contributed by atoms with Gasteiger partial charge in [0, 0.05) is 13.1 Å². The van der Waals surface area contributed by atoms with E-state index < -0.39 is 17.5 Å². The van der Waals surface area contributed by atoms with Crippen LogP contribution in [0.5, 0.6) is 5.75 Å². The van der Waals surface area contributed by atoms with Gasteiger partial charge in [0.25, 0.3) is 0 Å². The third-order valence-corrected chi connectivity index (χ3v) is 5.40. The van der Waals surface area contributed by atoms with Gasteiger partial charge in [-0.15, -0.1) is 0 Å². The highest BCUT2D eigenvalue weighted by molar-refractivity contribution is 5.76. The molecule has 1 heterocycles. The number of aliphatic hydroxyl groups is 2. The summed E-state index contributed by atoms with van der Waals surface area (Å²) < 4.78 is 5.44. The molecule has 0 aromatic heterocycles. The summed E-state index contributed by atoms with van der Waals surface area (Å²) in [6, 6.07) is 17.1. The smallest absolute Gasteiger partial charge is 0.312 e. The largest absolute Gasteiger partial charge is 0.491 e. The Hall–Kier alpha value is -2.41. The molecule has 0 radical (unpaired) electrons. The molecule has 2 atom stereocenters. The summed E-state index contributed by atoms with van der Waals surface area (Å²) in [5.41, 5.74) is 0.781. The molecule has 1 fully saturated rings. The number of likely N-dealkylation sites (tertiary alicyclic amines) is 1. The zero-order valence-corrected chi connectivity index (χ0v) is 15.8. The molecule has 28 heavy (non-hydrogen) atoms. The maximum absolute atomic E-state index is 12.1. The van der Waals surface area contributed by atoms with E-state index >= 15 is 0 Å². The third kappa shape index (κ3) is 4.70. The van der Waals surface area contributed by atoms with Crippen molar-refractivity contribution in [2.45, 2.75) is 25.5 Å². The second kappa shape index (κ2) is 9.19. The zero-order valence-electron chi connectivity index (χ0n) is 15.8. The van der Waals surface area contributed by atoms with Gasteiger partial charge < -0.3 is 20.1 Å². The summed E-state index contributed by atoms with van der Waals surface area (Å²) in [5.74, 6) is -0.254. The lowest BCUT2D eigenvalue weighted by Gasteiger charge is -2.43. The number of hydrogen-bond acceptors (Lipinski definition) is 5. The SMILES string of the molecule is O=C(O)[C@@]1(Cc2ccccc2)CCN(Cc2cccc(OCCO)c2)C[C@@H]1O. The summed E-state index contributed by atoms with van der Waals surface area (Å²) in [4.78, 5) is 14.2. The third-order valence-electron chi connectivity index (χ3n) is 5.40. The number of carboxylic acid groups (broad SMARTS) is 1. The number of nitrogens with zero attached hydrogens (tertiary/aromatic N) is 1. The van der Waals surface area contributed by atoms with Crippen molar-refractivity contribution in [1.29, 1.82) is 0 Å². The van der Waals surface area contributed by atoms with Gasteiger partial charge >= 0.3 is 5.97 Å². The van der Waals surface area contributed by atoms with Gasteiger partial charge in [0.15, 0.2) is 0 Å². The van der Waals surface area contributed by atoms with E-state index in [1.54, 1.807) is 0 Å². The number of hydrogen-bond donors (Lipinski definition) is 3. The molecule has 2 aromatic rings. The molecule has 0 saturated carbocycles. The molecule has 6 heteroatoms.